The summed E-state index contributed by atoms with van der Waals surface area (Å²) in [5.74, 6) is 1.76. The van der Waals surface area contributed by atoms with Gasteiger partial charge in [-0.2, -0.15) is 0 Å². The fourth-order valence-corrected chi connectivity index (χ4v) is 3.10. The van der Waals surface area contributed by atoms with Gasteiger partial charge in [-0.3, -0.25) is 4.99 Å². The van der Waals surface area contributed by atoms with E-state index in [1.165, 1.54) is 12.1 Å². The predicted octanol–water partition coefficient (Wildman–Crippen LogP) is 4.03. The molecular formula is C22H29FIN3O2. The summed E-state index contributed by atoms with van der Waals surface area (Å²) in [7, 11) is 1.72. The number of guanidine groups is 1. The van der Waals surface area contributed by atoms with Crippen molar-refractivity contribution in [2.45, 2.75) is 26.4 Å². The van der Waals surface area contributed by atoms with E-state index in [1.54, 1.807) is 13.1 Å². The molecule has 1 atom stereocenters. The number of hydrogen-bond acceptors (Lipinski definition) is 3. The van der Waals surface area contributed by atoms with Crippen molar-refractivity contribution in [3.8, 4) is 5.75 Å². The Morgan fingerprint density at radius 3 is 2.76 bits per heavy atom. The summed E-state index contributed by atoms with van der Waals surface area (Å²) < 4.78 is 24.8. The highest BCUT2D eigenvalue weighted by Gasteiger charge is 2.17. The van der Waals surface area contributed by atoms with E-state index in [4.69, 9.17) is 9.47 Å². The summed E-state index contributed by atoms with van der Waals surface area (Å²) in [5, 5.41) is 6.50. The highest BCUT2D eigenvalue weighted by molar-refractivity contribution is 14.0. The molecule has 1 fully saturated rings. The molecule has 3 rings (SSSR count). The van der Waals surface area contributed by atoms with Gasteiger partial charge in [0.05, 0.1) is 13.2 Å². The van der Waals surface area contributed by atoms with Crippen molar-refractivity contribution >= 4 is 29.9 Å². The van der Waals surface area contributed by atoms with Crippen LogP contribution in [0.5, 0.6) is 5.75 Å². The molecule has 0 saturated carbocycles. The Kier molecular flexibility index (Phi) is 9.66. The Balaban J connectivity index is 0.00000300. The first-order chi connectivity index (χ1) is 13.6. The molecular weight excluding hydrogens is 484 g/mol. The normalized spacial score (nSPS) is 16.2. The lowest BCUT2D eigenvalue weighted by atomic mass is 10.1. The van der Waals surface area contributed by atoms with E-state index in [0.29, 0.717) is 31.6 Å². The van der Waals surface area contributed by atoms with Crippen LogP contribution in [0.3, 0.4) is 0 Å². The van der Waals surface area contributed by atoms with Gasteiger partial charge in [0.2, 0.25) is 0 Å². The van der Waals surface area contributed by atoms with Crippen LogP contribution < -0.4 is 15.4 Å². The minimum Gasteiger partial charge on any atom is -0.493 e. The molecule has 2 aromatic carbocycles. The maximum atomic E-state index is 13.3. The SMILES string of the molecule is CN=C(NCc1cccc(F)c1)NCc1ccc(C)cc1OCC1CCOC1.I. The van der Waals surface area contributed by atoms with Crippen LogP contribution >= 0.6 is 24.0 Å². The van der Waals surface area contributed by atoms with Gasteiger partial charge in [0.25, 0.3) is 0 Å². The number of halogens is 2. The first-order valence-electron chi connectivity index (χ1n) is 9.63. The summed E-state index contributed by atoms with van der Waals surface area (Å²) >= 11 is 0. The number of nitrogens with zero attached hydrogens (tertiary/aromatic N) is 1. The summed E-state index contributed by atoms with van der Waals surface area (Å²) in [6.07, 6.45) is 1.05. The maximum absolute atomic E-state index is 13.3. The molecule has 29 heavy (non-hydrogen) atoms. The molecule has 5 nitrogen and oxygen atoms in total. The molecule has 7 heteroatoms. The van der Waals surface area contributed by atoms with Crippen molar-refractivity contribution in [2.24, 2.45) is 10.9 Å². The Bertz CT molecular complexity index is 810. The number of rotatable bonds is 7. The number of benzene rings is 2. The third-order valence-corrected chi connectivity index (χ3v) is 4.74. The van der Waals surface area contributed by atoms with Gasteiger partial charge in [-0.25, -0.2) is 4.39 Å². The van der Waals surface area contributed by atoms with Crippen molar-refractivity contribution in [2.75, 3.05) is 26.9 Å². The van der Waals surface area contributed by atoms with Crippen LogP contribution in [0.4, 0.5) is 4.39 Å². The third kappa shape index (κ3) is 7.47. The van der Waals surface area contributed by atoms with Crippen LogP contribution in [0.15, 0.2) is 47.5 Å². The molecule has 0 bridgehead atoms. The van der Waals surface area contributed by atoms with Gasteiger partial charge in [-0.1, -0.05) is 24.3 Å². The third-order valence-electron chi connectivity index (χ3n) is 4.74. The summed E-state index contributed by atoms with van der Waals surface area (Å²) in [4.78, 5) is 4.24. The van der Waals surface area contributed by atoms with E-state index in [9.17, 15) is 4.39 Å². The molecule has 1 unspecified atom stereocenters. The van der Waals surface area contributed by atoms with Gasteiger partial charge in [0.15, 0.2) is 5.96 Å². The lowest BCUT2D eigenvalue weighted by Crippen LogP contribution is -2.36. The predicted molar refractivity (Wildman–Crippen MR) is 124 cm³/mol. The molecule has 1 aliphatic heterocycles. The first-order valence-corrected chi connectivity index (χ1v) is 9.63. The van der Waals surface area contributed by atoms with Crippen molar-refractivity contribution in [3.63, 3.8) is 0 Å². The number of aliphatic imine (C=N–C) groups is 1. The van der Waals surface area contributed by atoms with E-state index in [1.807, 2.05) is 6.07 Å². The van der Waals surface area contributed by atoms with E-state index < -0.39 is 0 Å². The number of nitrogens with one attached hydrogen (secondary N) is 2. The molecule has 2 N–H and O–H groups in total. The Morgan fingerprint density at radius 2 is 2.03 bits per heavy atom. The minimum absolute atomic E-state index is 0. The summed E-state index contributed by atoms with van der Waals surface area (Å²) in [5.41, 5.74) is 3.09. The quantitative estimate of drug-likeness (QED) is 0.334. The van der Waals surface area contributed by atoms with Crippen molar-refractivity contribution in [1.29, 1.82) is 0 Å². The van der Waals surface area contributed by atoms with Gasteiger partial charge >= 0.3 is 0 Å². The van der Waals surface area contributed by atoms with Crippen molar-refractivity contribution in [3.05, 3.63) is 65.0 Å². The van der Waals surface area contributed by atoms with Crippen LogP contribution in [0.1, 0.15) is 23.1 Å². The van der Waals surface area contributed by atoms with Crippen LogP contribution in [0.25, 0.3) is 0 Å². The van der Waals surface area contributed by atoms with Gasteiger partial charge in [-0.15, -0.1) is 24.0 Å². The number of aryl methyl sites for hydroxylation is 1. The summed E-state index contributed by atoms with van der Waals surface area (Å²) in [6, 6.07) is 12.7. The van der Waals surface area contributed by atoms with Crippen LogP contribution in [-0.2, 0) is 17.8 Å². The van der Waals surface area contributed by atoms with E-state index in [0.717, 1.165) is 42.1 Å². The van der Waals surface area contributed by atoms with Crippen molar-refractivity contribution < 1.29 is 13.9 Å². The highest BCUT2D eigenvalue weighted by atomic mass is 127. The smallest absolute Gasteiger partial charge is 0.191 e. The van der Waals surface area contributed by atoms with E-state index >= 15 is 0 Å². The van der Waals surface area contributed by atoms with E-state index in [-0.39, 0.29) is 29.8 Å². The summed E-state index contributed by atoms with van der Waals surface area (Å²) in [6.45, 7) is 5.40. The maximum Gasteiger partial charge on any atom is 0.191 e. The Labute approximate surface area is 189 Å². The van der Waals surface area contributed by atoms with Crippen LogP contribution in [-0.4, -0.2) is 32.8 Å². The molecule has 0 amide bonds. The van der Waals surface area contributed by atoms with Gasteiger partial charge in [0.1, 0.15) is 11.6 Å². The molecule has 0 aromatic heterocycles. The molecule has 1 aliphatic rings. The van der Waals surface area contributed by atoms with E-state index in [2.05, 4.69) is 40.7 Å². The molecule has 1 heterocycles. The zero-order valence-electron chi connectivity index (χ0n) is 16.9. The molecule has 0 radical (unpaired) electrons. The standard InChI is InChI=1S/C22H28FN3O2.HI/c1-16-6-7-19(21(10-16)28-15-18-8-9-27-14-18)13-26-22(24-2)25-12-17-4-3-5-20(23)11-17;/h3-7,10-11,18H,8-9,12-15H2,1-2H3,(H2,24,25,26);1H. The number of hydrogen-bond donors (Lipinski definition) is 2. The lowest BCUT2D eigenvalue weighted by molar-refractivity contribution is 0.166. The molecule has 0 spiro atoms. The fourth-order valence-electron chi connectivity index (χ4n) is 3.10. The first kappa shape index (κ1) is 23.4. The topological polar surface area (TPSA) is 54.9 Å². The average molecular weight is 513 g/mol. The zero-order valence-corrected chi connectivity index (χ0v) is 19.2. The highest BCUT2D eigenvalue weighted by Crippen LogP contribution is 2.22. The monoisotopic (exact) mass is 513 g/mol. The minimum atomic E-state index is -0.239. The average Bonchev–Trinajstić information content (AvgIpc) is 3.21. The molecule has 1 saturated heterocycles. The molecule has 158 valence electrons. The van der Waals surface area contributed by atoms with Crippen LogP contribution in [0.2, 0.25) is 0 Å². The van der Waals surface area contributed by atoms with Gasteiger partial charge < -0.3 is 20.1 Å². The lowest BCUT2D eigenvalue weighted by Gasteiger charge is -2.17. The molecule has 2 aromatic rings. The Hall–Kier alpha value is -1.87. The molecule has 0 aliphatic carbocycles. The Morgan fingerprint density at radius 1 is 1.21 bits per heavy atom. The largest absolute Gasteiger partial charge is 0.493 e. The van der Waals surface area contributed by atoms with Gasteiger partial charge in [0, 0.05) is 38.2 Å². The second-order valence-electron chi connectivity index (χ2n) is 7.06. The number of ether oxygens (including phenoxy) is 2. The second-order valence-corrected chi connectivity index (χ2v) is 7.06. The van der Waals surface area contributed by atoms with Crippen molar-refractivity contribution in [1.82, 2.24) is 10.6 Å². The van der Waals surface area contributed by atoms with Crippen LogP contribution in [0, 0.1) is 18.7 Å². The second kappa shape index (κ2) is 12.0. The fraction of sp³-hybridized carbons (Fsp3) is 0.409. The zero-order chi connectivity index (χ0) is 19.8. The van der Waals surface area contributed by atoms with Gasteiger partial charge in [-0.05, 0) is 42.7 Å².